The van der Waals surface area contributed by atoms with E-state index in [0.717, 1.165) is 27.4 Å². The van der Waals surface area contributed by atoms with Gasteiger partial charge in [0.25, 0.3) is 10.0 Å². The van der Waals surface area contributed by atoms with Gasteiger partial charge in [-0.25, -0.2) is 8.42 Å². The number of fused-ring (bicyclic) bond motifs is 3. The molecule has 0 aliphatic heterocycles. The molecule has 1 atom stereocenters. The third-order valence-electron chi connectivity index (χ3n) is 6.28. The second-order valence-corrected chi connectivity index (χ2v) is 12.1. The van der Waals surface area contributed by atoms with E-state index in [9.17, 15) is 13.5 Å². The van der Waals surface area contributed by atoms with Gasteiger partial charge in [-0.15, -0.1) is 0 Å². The summed E-state index contributed by atoms with van der Waals surface area (Å²) in [6, 6.07) is 24.2. The number of hydrogen-bond donors (Lipinski definition) is 1. The second kappa shape index (κ2) is 10.2. The molecular formula is C28H23Cl3N2O3S. The summed E-state index contributed by atoms with van der Waals surface area (Å²) in [7, 11) is -3.97. The maximum atomic E-state index is 13.7. The first-order valence-electron chi connectivity index (χ1n) is 11.5. The number of aryl methyl sites for hydroxylation is 1. The SMILES string of the molecule is Cc1ccc(S(=O)(=O)N(CC(O)Cn2c3ccc(Cl)cc3c3cc(Cl)ccc32)c2ccc(Cl)cc2)cc1. The fourth-order valence-electron chi connectivity index (χ4n) is 4.49. The number of aliphatic hydroxyl groups is 1. The van der Waals surface area contributed by atoms with E-state index in [1.54, 1.807) is 60.7 Å². The van der Waals surface area contributed by atoms with Crippen molar-refractivity contribution >= 4 is 72.3 Å². The van der Waals surface area contributed by atoms with Gasteiger partial charge in [-0.1, -0.05) is 52.5 Å². The maximum Gasteiger partial charge on any atom is 0.264 e. The normalized spacial score (nSPS) is 12.8. The Labute approximate surface area is 230 Å². The van der Waals surface area contributed by atoms with Crippen molar-refractivity contribution in [3.63, 3.8) is 0 Å². The summed E-state index contributed by atoms with van der Waals surface area (Å²) in [5.74, 6) is 0. The molecule has 1 unspecified atom stereocenters. The molecule has 5 nitrogen and oxygen atoms in total. The molecule has 0 aliphatic rings. The summed E-state index contributed by atoms with van der Waals surface area (Å²) < 4.78 is 30.6. The number of hydrogen-bond acceptors (Lipinski definition) is 3. The first-order valence-corrected chi connectivity index (χ1v) is 14.1. The van der Waals surface area contributed by atoms with Crippen LogP contribution in [-0.2, 0) is 16.6 Å². The number of aliphatic hydroxyl groups excluding tert-OH is 1. The molecule has 0 amide bonds. The maximum absolute atomic E-state index is 13.7. The molecule has 5 aromatic rings. The lowest BCUT2D eigenvalue weighted by molar-refractivity contribution is 0.166. The van der Waals surface area contributed by atoms with E-state index in [-0.39, 0.29) is 18.0 Å². The standard InChI is InChI=1S/C28H23Cl3N2O3S/c1-18-2-10-24(11-3-18)37(35,36)33(22-8-4-19(29)5-9-22)17-23(34)16-32-27-12-6-20(30)14-25(27)26-15-21(31)7-13-28(26)32/h2-15,23,34H,16-17H2,1H3. The van der Waals surface area contributed by atoms with Crippen LogP contribution in [0.5, 0.6) is 0 Å². The van der Waals surface area contributed by atoms with Crippen molar-refractivity contribution in [1.82, 2.24) is 4.57 Å². The summed E-state index contributed by atoms with van der Waals surface area (Å²) in [5.41, 5.74) is 3.08. The zero-order chi connectivity index (χ0) is 26.3. The van der Waals surface area contributed by atoms with Gasteiger partial charge in [-0.2, -0.15) is 0 Å². The van der Waals surface area contributed by atoms with Crippen LogP contribution in [0.3, 0.4) is 0 Å². The molecule has 190 valence electrons. The Morgan fingerprint density at radius 3 is 1.84 bits per heavy atom. The number of benzene rings is 4. The van der Waals surface area contributed by atoms with Crippen molar-refractivity contribution in [2.75, 3.05) is 10.8 Å². The van der Waals surface area contributed by atoms with E-state index in [1.807, 2.05) is 35.8 Å². The predicted molar refractivity (Wildman–Crippen MR) is 153 cm³/mol. The molecule has 9 heteroatoms. The van der Waals surface area contributed by atoms with E-state index in [1.165, 1.54) is 4.31 Å². The summed E-state index contributed by atoms with van der Waals surface area (Å²) in [6.07, 6.45) is -1.04. The quantitative estimate of drug-likeness (QED) is 0.222. The fourth-order valence-corrected chi connectivity index (χ4v) is 6.46. The highest BCUT2D eigenvalue weighted by atomic mass is 35.5. The average molecular weight is 574 g/mol. The van der Waals surface area contributed by atoms with Crippen LogP contribution >= 0.6 is 34.8 Å². The van der Waals surface area contributed by atoms with E-state index in [0.29, 0.717) is 20.8 Å². The van der Waals surface area contributed by atoms with Crippen molar-refractivity contribution in [2.45, 2.75) is 24.5 Å². The van der Waals surface area contributed by atoms with Gasteiger partial charge in [0.2, 0.25) is 0 Å². The van der Waals surface area contributed by atoms with Gasteiger partial charge in [0, 0.05) is 36.9 Å². The number of sulfonamides is 1. The Morgan fingerprint density at radius 1 is 0.784 bits per heavy atom. The average Bonchev–Trinajstić information content (AvgIpc) is 3.15. The predicted octanol–water partition coefficient (Wildman–Crippen LogP) is 7.32. The van der Waals surface area contributed by atoms with Crippen LogP contribution in [0, 0.1) is 6.92 Å². The summed E-state index contributed by atoms with van der Waals surface area (Å²) in [6.45, 7) is 1.88. The molecular weight excluding hydrogens is 551 g/mol. The van der Waals surface area contributed by atoms with Crippen molar-refractivity contribution < 1.29 is 13.5 Å². The van der Waals surface area contributed by atoms with Crippen LogP contribution in [0.4, 0.5) is 5.69 Å². The lowest BCUT2D eigenvalue weighted by atomic mass is 10.1. The van der Waals surface area contributed by atoms with Gasteiger partial charge in [0.05, 0.1) is 29.8 Å². The second-order valence-electron chi connectivity index (χ2n) is 8.91. The van der Waals surface area contributed by atoms with Crippen molar-refractivity contribution in [3.8, 4) is 0 Å². The largest absolute Gasteiger partial charge is 0.389 e. The lowest BCUT2D eigenvalue weighted by Crippen LogP contribution is -2.39. The van der Waals surface area contributed by atoms with Crippen LogP contribution in [0.1, 0.15) is 5.56 Å². The van der Waals surface area contributed by atoms with E-state index in [4.69, 9.17) is 34.8 Å². The van der Waals surface area contributed by atoms with Gasteiger partial charge in [0.1, 0.15) is 0 Å². The van der Waals surface area contributed by atoms with Gasteiger partial charge >= 0.3 is 0 Å². The zero-order valence-electron chi connectivity index (χ0n) is 19.8. The molecule has 1 aromatic heterocycles. The summed E-state index contributed by atoms with van der Waals surface area (Å²) >= 11 is 18.6. The molecule has 0 bridgehead atoms. The molecule has 5 rings (SSSR count). The van der Waals surface area contributed by atoms with Gasteiger partial charge in [-0.05, 0) is 79.7 Å². The fraction of sp³-hybridized carbons (Fsp3) is 0.143. The Balaban J connectivity index is 1.54. The zero-order valence-corrected chi connectivity index (χ0v) is 22.9. The van der Waals surface area contributed by atoms with Crippen LogP contribution < -0.4 is 4.31 Å². The minimum Gasteiger partial charge on any atom is -0.389 e. The van der Waals surface area contributed by atoms with Crippen LogP contribution in [0.2, 0.25) is 15.1 Å². The first-order chi connectivity index (χ1) is 17.6. The highest BCUT2D eigenvalue weighted by Crippen LogP contribution is 2.33. The number of aromatic nitrogens is 1. The number of rotatable bonds is 7. The number of anilines is 1. The molecule has 0 spiro atoms. The number of nitrogens with zero attached hydrogens (tertiary/aromatic N) is 2. The summed E-state index contributed by atoms with van der Waals surface area (Å²) in [4.78, 5) is 0.140. The Morgan fingerprint density at radius 2 is 1.30 bits per heavy atom. The van der Waals surface area contributed by atoms with Gasteiger partial charge < -0.3 is 9.67 Å². The highest BCUT2D eigenvalue weighted by Gasteiger charge is 2.28. The number of halogens is 3. The van der Waals surface area contributed by atoms with Gasteiger partial charge in [0.15, 0.2) is 0 Å². The monoisotopic (exact) mass is 572 g/mol. The van der Waals surface area contributed by atoms with Crippen molar-refractivity contribution in [3.05, 3.63) is 106 Å². The van der Waals surface area contributed by atoms with Crippen LogP contribution in [0.25, 0.3) is 21.8 Å². The van der Waals surface area contributed by atoms with Crippen molar-refractivity contribution in [1.29, 1.82) is 0 Å². The van der Waals surface area contributed by atoms with Gasteiger partial charge in [-0.3, -0.25) is 4.31 Å². The van der Waals surface area contributed by atoms with E-state index < -0.39 is 16.1 Å². The summed E-state index contributed by atoms with van der Waals surface area (Å²) in [5, 5.41) is 14.8. The molecule has 0 aliphatic carbocycles. The highest BCUT2D eigenvalue weighted by molar-refractivity contribution is 7.92. The third-order valence-corrected chi connectivity index (χ3v) is 8.81. The molecule has 1 heterocycles. The van der Waals surface area contributed by atoms with E-state index >= 15 is 0 Å². The molecule has 4 aromatic carbocycles. The lowest BCUT2D eigenvalue weighted by Gasteiger charge is -2.27. The molecule has 0 radical (unpaired) electrons. The topological polar surface area (TPSA) is 62.5 Å². The smallest absolute Gasteiger partial charge is 0.264 e. The molecule has 0 saturated heterocycles. The molecule has 0 fully saturated rings. The molecule has 1 N–H and O–H groups in total. The Hall–Kier alpha value is -2.74. The minimum atomic E-state index is -3.97. The van der Waals surface area contributed by atoms with Crippen LogP contribution in [0.15, 0.2) is 89.8 Å². The Kier molecular flexibility index (Phi) is 7.14. The molecule has 37 heavy (non-hydrogen) atoms. The van der Waals surface area contributed by atoms with Crippen molar-refractivity contribution in [2.24, 2.45) is 0 Å². The van der Waals surface area contributed by atoms with E-state index in [2.05, 4.69) is 0 Å². The minimum absolute atomic E-state index is 0.140. The molecule has 0 saturated carbocycles. The van der Waals surface area contributed by atoms with Crippen LogP contribution in [-0.4, -0.2) is 30.7 Å². The third kappa shape index (κ3) is 5.17. The Bertz CT molecular complexity index is 1640. The first kappa shape index (κ1) is 25.9.